The minimum atomic E-state index is 0.589. The van der Waals surface area contributed by atoms with Crippen molar-refractivity contribution in [2.45, 2.75) is 18.8 Å². The minimum absolute atomic E-state index is 0.589. The van der Waals surface area contributed by atoms with Gasteiger partial charge in [0.15, 0.2) is 11.5 Å². The Labute approximate surface area is 173 Å². The molecule has 1 aromatic carbocycles. The van der Waals surface area contributed by atoms with Gasteiger partial charge in [-0.1, -0.05) is 12.1 Å². The van der Waals surface area contributed by atoms with Crippen molar-refractivity contribution >= 4 is 22.1 Å². The van der Waals surface area contributed by atoms with Crippen LogP contribution in [0.3, 0.4) is 0 Å². The van der Waals surface area contributed by atoms with E-state index < -0.39 is 0 Å². The first-order valence-electron chi connectivity index (χ1n) is 10.3. The highest BCUT2D eigenvalue weighted by atomic mass is 15.1. The van der Waals surface area contributed by atoms with E-state index in [0.717, 1.165) is 57.9 Å². The summed E-state index contributed by atoms with van der Waals surface area (Å²) in [5.74, 6) is 1.31. The number of aromatic nitrogens is 6. The molecule has 1 fully saturated rings. The van der Waals surface area contributed by atoms with Crippen LogP contribution in [0.25, 0.3) is 44.8 Å². The van der Waals surface area contributed by atoms with Crippen LogP contribution in [0.5, 0.6) is 0 Å². The van der Waals surface area contributed by atoms with Gasteiger partial charge in [0.2, 0.25) is 0 Å². The molecule has 0 amide bonds. The number of hydrogen-bond donors (Lipinski definition) is 3. The van der Waals surface area contributed by atoms with Gasteiger partial charge < -0.3 is 10.3 Å². The van der Waals surface area contributed by atoms with Crippen molar-refractivity contribution in [1.29, 1.82) is 0 Å². The van der Waals surface area contributed by atoms with Gasteiger partial charge in [-0.15, -0.1) is 0 Å². The highest BCUT2D eigenvalue weighted by molar-refractivity contribution is 5.95. The first-order valence-corrected chi connectivity index (χ1v) is 10.3. The van der Waals surface area contributed by atoms with Crippen molar-refractivity contribution < 1.29 is 0 Å². The third-order valence-corrected chi connectivity index (χ3v) is 5.95. The van der Waals surface area contributed by atoms with Crippen molar-refractivity contribution in [3.8, 4) is 22.8 Å². The molecule has 0 aliphatic carbocycles. The Kier molecular flexibility index (Phi) is 4.06. The zero-order valence-corrected chi connectivity index (χ0v) is 16.4. The molecule has 3 N–H and O–H groups in total. The normalized spacial score (nSPS) is 15.2. The van der Waals surface area contributed by atoms with Gasteiger partial charge in [0.1, 0.15) is 11.2 Å². The molecule has 148 valence electrons. The van der Waals surface area contributed by atoms with E-state index in [1.807, 2.05) is 24.3 Å². The molecule has 0 unspecified atom stereocenters. The molecule has 5 aromatic rings. The summed E-state index contributed by atoms with van der Waals surface area (Å²) in [4.78, 5) is 17.2. The topological polar surface area (TPSA) is 95.2 Å². The number of imidazole rings is 1. The van der Waals surface area contributed by atoms with Gasteiger partial charge in [0.25, 0.3) is 0 Å². The smallest absolute Gasteiger partial charge is 0.160 e. The lowest BCUT2D eigenvalue weighted by molar-refractivity contribution is 0.460. The van der Waals surface area contributed by atoms with E-state index in [1.54, 1.807) is 12.4 Å². The second-order valence-corrected chi connectivity index (χ2v) is 7.76. The zero-order valence-electron chi connectivity index (χ0n) is 16.4. The molecule has 4 aromatic heterocycles. The van der Waals surface area contributed by atoms with Crippen molar-refractivity contribution in [2.75, 3.05) is 13.1 Å². The lowest BCUT2D eigenvalue weighted by Gasteiger charge is -2.23. The van der Waals surface area contributed by atoms with Gasteiger partial charge in [-0.3, -0.25) is 10.1 Å². The molecule has 1 saturated heterocycles. The van der Waals surface area contributed by atoms with E-state index in [2.05, 4.69) is 48.7 Å². The van der Waals surface area contributed by atoms with E-state index in [1.165, 1.54) is 18.4 Å². The molecule has 5 heterocycles. The van der Waals surface area contributed by atoms with Crippen LogP contribution < -0.4 is 5.32 Å². The van der Waals surface area contributed by atoms with Crippen molar-refractivity contribution in [2.24, 2.45) is 0 Å². The molecular weight excluding hydrogens is 374 g/mol. The summed E-state index contributed by atoms with van der Waals surface area (Å²) in [7, 11) is 0. The Morgan fingerprint density at radius 3 is 2.73 bits per heavy atom. The highest BCUT2D eigenvalue weighted by Gasteiger charge is 2.19. The summed E-state index contributed by atoms with van der Waals surface area (Å²) in [6.07, 6.45) is 5.91. The largest absolute Gasteiger partial charge is 0.321 e. The van der Waals surface area contributed by atoms with Crippen LogP contribution in [-0.4, -0.2) is 43.2 Å². The van der Waals surface area contributed by atoms with Gasteiger partial charge in [-0.05, 0) is 67.7 Å². The maximum atomic E-state index is 4.87. The van der Waals surface area contributed by atoms with Gasteiger partial charge in [0.05, 0.1) is 11.2 Å². The average molecular weight is 395 g/mol. The number of aromatic amines is 2. The molecule has 1 aliphatic rings. The molecule has 0 atom stereocenters. The van der Waals surface area contributed by atoms with Crippen LogP contribution in [0.2, 0.25) is 0 Å². The summed E-state index contributed by atoms with van der Waals surface area (Å²) in [6.45, 7) is 2.15. The molecule has 7 heteroatoms. The SMILES string of the molecule is c1ccc(-c2ccnc3[nH]c(-c4n[nH]c5ccc(C6CCNCC6)cc45)nc23)nc1. The third-order valence-electron chi connectivity index (χ3n) is 5.95. The molecule has 0 radical (unpaired) electrons. The average Bonchev–Trinajstić information content (AvgIpc) is 3.43. The second kappa shape index (κ2) is 7.03. The standard InChI is InChI=1S/C23H21N7/c1-2-9-25-18(3-1)16-8-12-26-22-20(16)27-23(28-22)21-17-13-15(4-5-19(17)29-30-21)14-6-10-24-11-7-14/h1-5,8-9,12-14,24H,6-7,10-11H2,(H,29,30)(H,26,27,28). The predicted octanol–water partition coefficient (Wildman–Crippen LogP) is 4.03. The maximum Gasteiger partial charge on any atom is 0.160 e. The molecule has 6 rings (SSSR count). The number of piperidine rings is 1. The van der Waals surface area contributed by atoms with Crippen molar-refractivity contribution in [1.82, 2.24) is 35.5 Å². The second-order valence-electron chi connectivity index (χ2n) is 7.76. The molecule has 0 bridgehead atoms. The first-order chi connectivity index (χ1) is 14.9. The number of rotatable bonds is 3. The maximum absolute atomic E-state index is 4.87. The fourth-order valence-electron chi connectivity index (χ4n) is 4.37. The monoisotopic (exact) mass is 395 g/mol. The Hall–Kier alpha value is -3.58. The molecule has 30 heavy (non-hydrogen) atoms. The van der Waals surface area contributed by atoms with Crippen LogP contribution >= 0.6 is 0 Å². The van der Waals surface area contributed by atoms with Gasteiger partial charge >= 0.3 is 0 Å². The number of benzene rings is 1. The summed E-state index contributed by atoms with van der Waals surface area (Å²) < 4.78 is 0. The van der Waals surface area contributed by atoms with Gasteiger partial charge in [0, 0.05) is 23.3 Å². The Bertz CT molecular complexity index is 1330. The zero-order chi connectivity index (χ0) is 19.9. The number of nitrogens with zero attached hydrogens (tertiary/aromatic N) is 4. The summed E-state index contributed by atoms with van der Waals surface area (Å²) in [5, 5.41) is 12.3. The summed E-state index contributed by atoms with van der Waals surface area (Å²) in [6, 6.07) is 14.4. The number of fused-ring (bicyclic) bond motifs is 2. The number of hydrogen-bond acceptors (Lipinski definition) is 5. The summed E-state index contributed by atoms with van der Waals surface area (Å²) in [5.41, 5.74) is 6.58. The van der Waals surface area contributed by atoms with Crippen LogP contribution in [-0.2, 0) is 0 Å². The highest BCUT2D eigenvalue weighted by Crippen LogP contribution is 2.33. The molecule has 0 saturated carbocycles. The molecule has 1 aliphatic heterocycles. The Balaban J connectivity index is 1.47. The van der Waals surface area contributed by atoms with Crippen LogP contribution in [0.1, 0.15) is 24.3 Å². The number of H-pyrrole nitrogens is 2. The molecular formula is C23H21N7. The fourth-order valence-corrected chi connectivity index (χ4v) is 4.37. The van der Waals surface area contributed by atoms with E-state index in [-0.39, 0.29) is 0 Å². The van der Waals surface area contributed by atoms with Crippen LogP contribution in [0.15, 0.2) is 54.9 Å². The lowest BCUT2D eigenvalue weighted by atomic mass is 9.89. The Morgan fingerprint density at radius 1 is 0.933 bits per heavy atom. The predicted molar refractivity (Wildman–Crippen MR) is 117 cm³/mol. The van der Waals surface area contributed by atoms with Gasteiger partial charge in [-0.25, -0.2) is 9.97 Å². The van der Waals surface area contributed by atoms with E-state index >= 15 is 0 Å². The van der Waals surface area contributed by atoms with E-state index in [4.69, 9.17) is 4.98 Å². The molecule has 0 spiro atoms. The van der Waals surface area contributed by atoms with Crippen molar-refractivity contribution in [3.05, 3.63) is 60.4 Å². The van der Waals surface area contributed by atoms with Crippen LogP contribution in [0, 0.1) is 0 Å². The third kappa shape index (κ3) is 2.86. The minimum Gasteiger partial charge on any atom is -0.321 e. The van der Waals surface area contributed by atoms with Crippen LogP contribution in [0.4, 0.5) is 0 Å². The fraction of sp³-hybridized carbons (Fsp3) is 0.217. The summed E-state index contributed by atoms with van der Waals surface area (Å²) >= 11 is 0. The molecule has 7 nitrogen and oxygen atoms in total. The number of nitrogens with one attached hydrogen (secondary N) is 3. The number of pyridine rings is 2. The van der Waals surface area contributed by atoms with Crippen molar-refractivity contribution in [3.63, 3.8) is 0 Å². The van der Waals surface area contributed by atoms with E-state index in [0.29, 0.717) is 5.92 Å². The lowest BCUT2D eigenvalue weighted by Crippen LogP contribution is -2.26. The quantitative estimate of drug-likeness (QED) is 0.429. The van der Waals surface area contributed by atoms with E-state index in [9.17, 15) is 0 Å². The first kappa shape index (κ1) is 17.3. The van der Waals surface area contributed by atoms with Gasteiger partial charge in [-0.2, -0.15) is 5.10 Å². The Morgan fingerprint density at radius 2 is 1.87 bits per heavy atom.